The van der Waals surface area contributed by atoms with E-state index in [9.17, 15) is 0 Å². The summed E-state index contributed by atoms with van der Waals surface area (Å²) in [6, 6.07) is 9.83. The van der Waals surface area contributed by atoms with E-state index in [1.807, 2.05) is 0 Å². The summed E-state index contributed by atoms with van der Waals surface area (Å²) >= 11 is 0. The summed E-state index contributed by atoms with van der Waals surface area (Å²) in [4.78, 5) is 0. The molecule has 2 aliphatic rings. The minimum absolute atomic E-state index is 0.765. The van der Waals surface area contributed by atoms with Crippen molar-refractivity contribution in [1.29, 1.82) is 0 Å². The molecule has 3 rings (SSSR count). The van der Waals surface area contributed by atoms with E-state index >= 15 is 0 Å². The van der Waals surface area contributed by atoms with Gasteiger partial charge in [-0.05, 0) is 55.8 Å². The van der Waals surface area contributed by atoms with Gasteiger partial charge in [-0.1, -0.05) is 37.1 Å². The number of nitrogens with one attached hydrogen (secondary N) is 2. The second-order valence-electron chi connectivity index (χ2n) is 6.09. The van der Waals surface area contributed by atoms with Crippen LogP contribution < -0.4 is 10.6 Å². The molecule has 0 radical (unpaired) electrons. The molecule has 1 saturated carbocycles. The van der Waals surface area contributed by atoms with E-state index in [4.69, 9.17) is 0 Å². The molecule has 1 aliphatic heterocycles. The standard InChI is InChI=1S/C17H26N2/c1-4-8-17(14-9-11-18-12-10-14)15(5-1)13-19-16-6-2-3-7-16/h1,4-5,8,14,16,18-19H,2-3,6-7,9-13H2. The van der Waals surface area contributed by atoms with Crippen molar-refractivity contribution in [1.82, 2.24) is 10.6 Å². The number of hydrogen-bond acceptors (Lipinski definition) is 2. The zero-order valence-electron chi connectivity index (χ0n) is 11.8. The van der Waals surface area contributed by atoms with Gasteiger partial charge >= 0.3 is 0 Å². The SMILES string of the molecule is c1ccc(C2CCNCC2)c(CNC2CCCC2)c1. The highest BCUT2D eigenvalue weighted by Gasteiger charge is 2.19. The second kappa shape index (κ2) is 6.53. The molecule has 0 unspecified atom stereocenters. The third-order valence-electron chi connectivity index (χ3n) is 4.77. The molecular weight excluding hydrogens is 232 g/mol. The third-order valence-corrected chi connectivity index (χ3v) is 4.77. The zero-order chi connectivity index (χ0) is 12.9. The molecule has 2 fully saturated rings. The largest absolute Gasteiger partial charge is 0.317 e. The average Bonchev–Trinajstić information content (AvgIpc) is 3.00. The third kappa shape index (κ3) is 3.37. The molecule has 1 saturated heterocycles. The molecule has 0 amide bonds. The molecule has 0 spiro atoms. The van der Waals surface area contributed by atoms with E-state index in [-0.39, 0.29) is 0 Å². The van der Waals surface area contributed by atoms with Crippen molar-refractivity contribution in [3.05, 3.63) is 35.4 Å². The first-order chi connectivity index (χ1) is 9.43. The van der Waals surface area contributed by atoms with Gasteiger partial charge in [0.2, 0.25) is 0 Å². The van der Waals surface area contributed by atoms with Gasteiger partial charge in [0, 0.05) is 12.6 Å². The quantitative estimate of drug-likeness (QED) is 0.866. The van der Waals surface area contributed by atoms with E-state index in [2.05, 4.69) is 34.9 Å². The molecule has 1 aliphatic carbocycles. The lowest BCUT2D eigenvalue weighted by Gasteiger charge is -2.25. The summed E-state index contributed by atoms with van der Waals surface area (Å²) in [5.74, 6) is 0.767. The highest BCUT2D eigenvalue weighted by atomic mass is 14.9. The molecule has 19 heavy (non-hydrogen) atoms. The summed E-state index contributed by atoms with van der Waals surface area (Å²) in [6.45, 7) is 3.41. The highest BCUT2D eigenvalue weighted by Crippen LogP contribution is 2.28. The monoisotopic (exact) mass is 258 g/mol. The molecule has 1 aromatic rings. The van der Waals surface area contributed by atoms with Gasteiger partial charge in [-0.15, -0.1) is 0 Å². The van der Waals surface area contributed by atoms with Gasteiger partial charge in [0.25, 0.3) is 0 Å². The molecular formula is C17H26N2. The first-order valence-corrected chi connectivity index (χ1v) is 7.95. The maximum absolute atomic E-state index is 3.76. The van der Waals surface area contributed by atoms with Crippen LogP contribution in [-0.4, -0.2) is 19.1 Å². The maximum Gasteiger partial charge on any atom is 0.0210 e. The number of hydrogen-bond donors (Lipinski definition) is 2. The Balaban J connectivity index is 1.65. The maximum atomic E-state index is 3.76. The zero-order valence-corrected chi connectivity index (χ0v) is 11.8. The van der Waals surface area contributed by atoms with Crippen LogP contribution in [0.15, 0.2) is 24.3 Å². The first-order valence-electron chi connectivity index (χ1n) is 7.95. The van der Waals surface area contributed by atoms with Crippen LogP contribution in [0.2, 0.25) is 0 Å². The molecule has 1 heterocycles. The van der Waals surface area contributed by atoms with E-state index in [0.29, 0.717) is 0 Å². The van der Waals surface area contributed by atoms with Gasteiger partial charge in [-0.3, -0.25) is 0 Å². The van der Waals surface area contributed by atoms with Gasteiger partial charge in [-0.2, -0.15) is 0 Å². The van der Waals surface area contributed by atoms with Gasteiger partial charge in [0.05, 0.1) is 0 Å². The predicted octanol–water partition coefficient (Wildman–Crippen LogP) is 3.19. The summed E-state index contributed by atoms with van der Waals surface area (Å²) < 4.78 is 0. The normalized spacial score (nSPS) is 21.9. The van der Waals surface area contributed by atoms with Crippen LogP contribution in [0.3, 0.4) is 0 Å². The van der Waals surface area contributed by atoms with Crippen LogP contribution >= 0.6 is 0 Å². The van der Waals surface area contributed by atoms with E-state index in [1.54, 1.807) is 5.56 Å². The number of piperidine rings is 1. The van der Waals surface area contributed by atoms with Gasteiger partial charge in [-0.25, -0.2) is 0 Å². The van der Waals surface area contributed by atoms with Gasteiger partial charge in [0.15, 0.2) is 0 Å². The second-order valence-corrected chi connectivity index (χ2v) is 6.09. The van der Waals surface area contributed by atoms with Crippen molar-refractivity contribution < 1.29 is 0 Å². The molecule has 2 N–H and O–H groups in total. The fourth-order valence-corrected chi connectivity index (χ4v) is 3.61. The fraction of sp³-hybridized carbons (Fsp3) is 0.647. The van der Waals surface area contributed by atoms with Crippen LogP contribution in [0, 0.1) is 0 Å². The Kier molecular flexibility index (Phi) is 4.52. The highest BCUT2D eigenvalue weighted by molar-refractivity contribution is 5.31. The molecule has 104 valence electrons. The summed E-state index contributed by atoms with van der Waals surface area (Å²) in [7, 11) is 0. The topological polar surface area (TPSA) is 24.1 Å². The van der Waals surface area contributed by atoms with E-state index in [0.717, 1.165) is 18.5 Å². The Morgan fingerprint density at radius 3 is 2.53 bits per heavy atom. The van der Waals surface area contributed by atoms with Crippen LogP contribution in [-0.2, 0) is 6.54 Å². The lowest BCUT2D eigenvalue weighted by molar-refractivity contribution is 0.454. The fourth-order valence-electron chi connectivity index (χ4n) is 3.61. The molecule has 0 aromatic heterocycles. The minimum Gasteiger partial charge on any atom is -0.317 e. The minimum atomic E-state index is 0.765. The van der Waals surface area contributed by atoms with Crippen LogP contribution in [0.25, 0.3) is 0 Å². The molecule has 2 nitrogen and oxygen atoms in total. The van der Waals surface area contributed by atoms with Gasteiger partial charge in [0.1, 0.15) is 0 Å². The Labute approximate surface area is 117 Å². The Hall–Kier alpha value is -0.860. The van der Waals surface area contributed by atoms with Crippen molar-refractivity contribution in [2.45, 2.75) is 57.0 Å². The summed E-state index contributed by atoms with van der Waals surface area (Å²) in [5.41, 5.74) is 3.12. The predicted molar refractivity (Wildman–Crippen MR) is 80.4 cm³/mol. The molecule has 2 heteroatoms. The summed E-state index contributed by atoms with van der Waals surface area (Å²) in [5, 5.41) is 7.23. The van der Waals surface area contributed by atoms with Crippen molar-refractivity contribution in [2.75, 3.05) is 13.1 Å². The lowest BCUT2D eigenvalue weighted by atomic mass is 9.87. The number of rotatable bonds is 4. The summed E-state index contributed by atoms with van der Waals surface area (Å²) in [6.07, 6.45) is 8.15. The molecule has 0 bridgehead atoms. The molecule has 0 atom stereocenters. The van der Waals surface area contributed by atoms with Crippen molar-refractivity contribution in [3.63, 3.8) is 0 Å². The van der Waals surface area contributed by atoms with Crippen molar-refractivity contribution in [3.8, 4) is 0 Å². The van der Waals surface area contributed by atoms with Crippen LogP contribution in [0.5, 0.6) is 0 Å². The lowest BCUT2D eigenvalue weighted by Crippen LogP contribution is -2.29. The first kappa shape index (κ1) is 13.1. The molecule has 1 aromatic carbocycles. The Morgan fingerprint density at radius 2 is 1.74 bits per heavy atom. The van der Waals surface area contributed by atoms with Crippen molar-refractivity contribution >= 4 is 0 Å². The average molecular weight is 258 g/mol. The number of benzene rings is 1. The van der Waals surface area contributed by atoms with Crippen molar-refractivity contribution in [2.24, 2.45) is 0 Å². The van der Waals surface area contributed by atoms with Crippen LogP contribution in [0.1, 0.15) is 55.6 Å². The van der Waals surface area contributed by atoms with E-state index in [1.165, 1.54) is 57.2 Å². The Bertz CT molecular complexity index is 390. The smallest absolute Gasteiger partial charge is 0.0210 e. The Morgan fingerprint density at radius 1 is 1.00 bits per heavy atom. The van der Waals surface area contributed by atoms with E-state index < -0.39 is 0 Å². The van der Waals surface area contributed by atoms with Gasteiger partial charge < -0.3 is 10.6 Å². The van der Waals surface area contributed by atoms with Crippen LogP contribution in [0.4, 0.5) is 0 Å².